The molecular weight excluding hydrogens is 468 g/mol. The molecule has 4 rings (SSSR count). The van der Waals surface area contributed by atoms with Crippen LogP contribution in [-0.2, 0) is 10.0 Å². The third kappa shape index (κ3) is 4.61. The number of anilines is 1. The van der Waals surface area contributed by atoms with Crippen LogP contribution >= 0.6 is 11.3 Å². The van der Waals surface area contributed by atoms with Crippen molar-refractivity contribution in [2.24, 2.45) is 0 Å². The molecule has 7 nitrogen and oxygen atoms in total. The van der Waals surface area contributed by atoms with E-state index in [0.717, 1.165) is 9.87 Å². The molecule has 9 heteroatoms. The monoisotopic (exact) mass is 488 g/mol. The van der Waals surface area contributed by atoms with Crippen molar-refractivity contribution in [3.63, 3.8) is 0 Å². The molecule has 1 aromatic heterocycles. The Morgan fingerprint density at radius 3 is 2.29 bits per heavy atom. The molecule has 0 aliphatic rings. The maximum atomic E-state index is 13.1. The first-order chi connectivity index (χ1) is 16.3. The standard InChI is InChI=1S/C25H20N4O3S2/c1-29(2)34(31,32)19-13-11-17(12-14-19)23-16-33-25(27-23)28-24(30)22-10-6-5-9-21(22)20-8-4-3-7-18(20)15-26/h3-14,16H,1-2H3,(H,27,28,30). The van der Waals surface area contributed by atoms with E-state index in [1.165, 1.54) is 37.6 Å². The zero-order valence-corrected chi connectivity index (χ0v) is 20.0. The van der Waals surface area contributed by atoms with Gasteiger partial charge in [0.25, 0.3) is 5.91 Å². The predicted molar refractivity (Wildman–Crippen MR) is 133 cm³/mol. The minimum atomic E-state index is -3.51. The normalized spacial score (nSPS) is 11.2. The number of amides is 1. The summed E-state index contributed by atoms with van der Waals surface area (Å²) in [5.74, 6) is -0.336. The highest BCUT2D eigenvalue weighted by atomic mass is 32.2. The molecule has 1 heterocycles. The third-order valence-corrected chi connectivity index (χ3v) is 7.75. The van der Waals surface area contributed by atoms with Gasteiger partial charge in [0.1, 0.15) is 0 Å². The number of nitriles is 1. The number of aromatic nitrogens is 1. The maximum absolute atomic E-state index is 13.1. The summed E-state index contributed by atoms with van der Waals surface area (Å²) in [4.78, 5) is 17.8. The molecular formula is C25H20N4O3S2. The summed E-state index contributed by atoms with van der Waals surface area (Å²) in [6.07, 6.45) is 0. The maximum Gasteiger partial charge on any atom is 0.258 e. The van der Waals surface area contributed by atoms with Crippen LogP contribution in [0.15, 0.2) is 83.1 Å². The molecule has 0 fully saturated rings. The van der Waals surface area contributed by atoms with Gasteiger partial charge in [0.2, 0.25) is 10.0 Å². The number of hydrogen-bond acceptors (Lipinski definition) is 6. The number of sulfonamides is 1. The molecule has 0 atom stereocenters. The number of benzene rings is 3. The van der Waals surface area contributed by atoms with Gasteiger partial charge in [-0.3, -0.25) is 10.1 Å². The zero-order valence-electron chi connectivity index (χ0n) is 18.4. The Labute approximate surface area is 202 Å². The largest absolute Gasteiger partial charge is 0.298 e. The minimum absolute atomic E-state index is 0.194. The molecule has 0 aliphatic heterocycles. The van der Waals surface area contributed by atoms with Gasteiger partial charge in [-0.05, 0) is 29.8 Å². The van der Waals surface area contributed by atoms with Crippen molar-refractivity contribution in [2.75, 3.05) is 19.4 Å². The van der Waals surface area contributed by atoms with Gasteiger partial charge in [0.05, 0.1) is 22.2 Å². The number of thiazole rings is 1. The average molecular weight is 489 g/mol. The SMILES string of the molecule is CN(C)S(=O)(=O)c1ccc(-c2csc(NC(=O)c3ccccc3-c3ccccc3C#N)n2)cc1. The molecule has 34 heavy (non-hydrogen) atoms. The van der Waals surface area contributed by atoms with E-state index in [1.807, 2.05) is 24.3 Å². The van der Waals surface area contributed by atoms with Gasteiger partial charge in [0, 0.05) is 36.2 Å². The Kier molecular flexibility index (Phi) is 6.56. The van der Waals surface area contributed by atoms with Gasteiger partial charge < -0.3 is 0 Å². The number of carbonyl (C=O) groups is 1. The molecule has 1 N–H and O–H groups in total. The quantitative estimate of drug-likeness (QED) is 0.418. The third-order valence-electron chi connectivity index (χ3n) is 5.16. The van der Waals surface area contributed by atoms with E-state index in [2.05, 4.69) is 16.4 Å². The molecule has 170 valence electrons. The Morgan fingerprint density at radius 1 is 0.971 bits per heavy atom. The van der Waals surface area contributed by atoms with E-state index >= 15 is 0 Å². The van der Waals surface area contributed by atoms with Gasteiger partial charge in [-0.2, -0.15) is 5.26 Å². The second-order valence-electron chi connectivity index (χ2n) is 7.51. The summed E-state index contributed by atoms with van der Waals surface area (Å²) in [6.45, 7) is 0. The van der Waals surface area contributed by atoms with Crippen molar-refractivity contribution in [3.8, 4) is 28.5 Å². The van der Waals surface area contributed by atoms with Crippen LogP contribution in [0.5, 0.6) is 0 Å². The summed E-state index contributed by atoms with van der Waals surface area (Å²) in [5.41, 5.74) is 3.61. The highest BCUT2D eigenvalue weighted by Gasteiger charge is 2.18. The van der Waals surface area contributed by atoms with Gasteiger partial charge in [-0.15, -0.1) is 11.3 Å². The van der Waals surface area contributed by atoms with E-state index in [0.29, 0.717) is 33.1 Å². The van der Waals surface area contributed by atoms with Crippen LogP contribution < -0.4 is 5.32 Å². The lowest BCUT2D eigenvalue weighted by Crippen LogP contribution is -2.22. The summed E-state index contributed by atoms with van der Waals surface area (Å²) >= 11 is 1.27. The molecule has 0 aliphatic carbocycles. The fraction of sp³-hybridized carbons (Fsp3) is 0.0800. The van der Waals surface area contributed by atoms with E-state index < -0.39 is 10.0 Å². The van der Waals surface area contributed by atoms with Crippen LogP contribution in [0.3, 0.4) is 0 Å². The van der Waals surface area contributed by atoms with Crippen LogP contribution in [0.2, 0.25) is 0 Å². The van der Waals surface area contributed by atoms with Gasteiger partial charge in [0.15, 0.2) is 5.13 Å². The summed E-state index contributed by atoms with van der Waals surface area (Å²) in [5, 5.41) is 14.5. The number of nitrogens with zero attached hydrogens (tertiary/aromatic N) is 3. The van der Waals surface area contributed by atoms with E-state index in [1.54, 1.807) is 41.8 Å². The Bertz CT molecular complexity index is 1500. The Morgan fingerprint density at radius 2 is 1.62 bits per heavy atom. The van der Waals surface area contributed by atoms with Gasteiger partial charge >= 0.3 is 0 Å². The first kappa shape index (κ1) is 23.3. The Balaban J connectivity index is 1.57. The second-order valence-corrected chi connectivity index (χ2v) is 10.5. The van der Waals surface area contributed by atoms with Crippen LogP contribution in [-0.4, -0.2) is 37.7 Å². The zero-order chi connectivity index (χ0) is 24.3. The molecule has 0 spiro atoms. The first-order valence-electron chi connectivity index (χ1n) is 10.2. The smallest absolute Gasteiger partial charge is 0.258 e. The van der Waals surface area contributed by atoms with Crippen LogP contribution in [0.4, 0.5) is 5.13 Å². The average Bonchev–Trinajstić information content (AvgIpc) is 3.32. The first-order valence-corrected chi connectivity index (χ1v) is 12.5. The predicted octanol–water partition coefficient (Wildman–Crippen LogP) is 4.85. The van der Waals surface area contributed by atoms with Crippen molar-refractivity contribution in [1.82, 2.24) is 9.29 Å². The van der Waals surface area contributed by atoms with Crippen molar-refractivity contribution >= 4 is 32.4 Å². The fourth-order valence-corrected chi connectivity index (χ4v) is 4.98. The lowest BCUT2D eigenvalue weighted by atomic mass is 9.95. The minimum Gasteiger partial charge on any atom is -0.298 e. The highest BCUT2D eigenvalue weighted by Crippen LogP contribution is 2.29. The van der Waals surface area contributed by atoms with Crippen LogP contribution in [0.1, 0.15) is 15.9 Å². The highest BCUT2D eigenvalue weighted by molar-refractivity contribution is 7.89. The Hall–Kier alpha value is -3.84. The molecule has 0 radical (unpaired) electrons. The van der Waals surface area contributed by atoms with E-state index in [9.17, 15) is 18.5 Å². The van der Waals surface area contributed by atoms with Gasteiger partial charge in [-0.1, -0.05) is 48.5 Å². The molecule has 0 saturated heterocycles. The van der Waals surface area contributed by atoms with Gasteiger partial charge in [-0.25, -0.2) is 17.7 Å². The number of nitrogens with one attached hydrogen (secondary N) is 1. The van der Waals surface area contributed by atoms with Crippen LogP contribution in [0.25, 0.3) is 22.4 Å². The van der Waals surface area contributed by atoms with Crippen molar-refractivity contribution in [2.45, 2.75) is 4.90 Å². The lowest BCUT2D eigenvalue weighted by Gasteiger charge is -2.11. The van der Waals surface area contributed by atoms with E-state index in [-0.39, 0.29) is 10.8 Å². The summed E-state index contributed by atoms with van der Waals surface area (Å²) in [6, 6.07) is 22.8. The summed E-state index contributed by atoms with van der Waals surface area (Å²) in [7, 11) is -0.547. The lowest BCUT2D eigenvalue weighted by molar-refractivity contribution is 0.102. The molecule has 3 aromatic carbocycles. The topological polar surface area (TPSA) is 103 Å². The fourth-order valence-electron chi connectivity index (χ4n) is 3.37. The summed E-state index contributed by atoms with van der Waals surface area (Å²) < 4.78 is 25.7. The second kappa shape index (κ2) is 9.57. The molecule has 4 aromatic rings. The van der Waals surface area contributed by atoms with Crippen molar-refractivity contribution in [1.29, 1.82) is 5.26 Å². The number of carbonyl (C=O) groups excluding carboxylic acids is 1. The van der Waals surface area contributed by atoms with Crippen molar-refractivity contribution < 1.29 is 13.2 Å². The van der Waals surface area contributed by atoms with Crippen LogP contribution in [0, 0.1) is 11.3 Å². The molecule has 0 bridgehead atoms. The molecule has 0 unspecified atom stereocenters. The number of hydrogen-bond donors (Lipinski definition) is 1. The molecule has 0 saturated carbocycles. The number of rotatable bonds is 6. The van der Waals surface area contributed by atoms with Crippen molar-refractivity contribution in [3.05, 3.63) is 89.3 Å². The molecule has 1 amide bonds. The van der Waals surface area contributed by atoms with E-state index in [4.69, 9.17) is 0 Å².